The third-order valence-electron chi connectivity index (χ3n) is 4.02. The average molecular weight is 308 g/mol. The SMILES string of the molecule is CN(C)S(=O)(=O)N1CCC(Cc2cnc3[nH]ccc3c2)C1. The molecular weight excluding hydrogens is 288 g/mol. The van der Waals surface area contributed by atoms with Gasteiger partial charge in [0.25, 0.3) is 10.2 Å². The Morgan fingerprint density at radius 1 is 1.48 bits per heavy atom. The fourth-order valence-electron chi connectivity index (χ4n) is 2.83. The smallest absolute Gasteiger partial charge is 0.281 e. The van der Waals surface area contributed by atoms with Gasteiger partial charge in [-0.25, -0.2) is 4.98 Å². The van der Waals surface area contributed by atoms with Crippen LogP contribution in [0.4, 0.5) is 0 Å². The van der Waals surface area contributed by atoms with Crippen LogP contribution >= 0.6 is 0 Å². The van der Waals surface area contributed by atoms with Crippen LogP contribution in [-0.4, -0.2) is 54.2 Å². The number of aromatic amines is 1. The Bertz CT molecular complexity index is 738. The lowest BCUT2D eigenvalue weighted by atomic mass is 9.99. The third kappa shape index (κ3) is 2.81. The summed E-state index contributed by atoms with van der Waals surface area (Å²) in [5.41, 5.74) is 2.05. The van der Waals surface area contributed by atoms with E-state index in [4.69, 9.17) is 0 Å². The van der Waals surface area contributed by atoms with Gasteiger partial charge in [-0.3, -0.25) is 0 Å². The van der Waals surface area contributed by atoms with E-state index in [1.54, 1.807) is 18.4 Å². The maximum absolute atomic E-state index is 12.1. The minimum absolute atomic E-state index is 0.359. The van der Waals surface area contributed by atoms with Crippen molar-refractivity contribution in [3.8, 4) is 0 Å². The van der Waals surface area contributed by atoms with Crippen molar-refractivity contribution >= 4 is 21.2 Å². The summed E-state index contributed by atoms with van der Waals surface area (Å²) in [6.45, 7) is 1.19. The number of nitrogens with one attached hydrogen (secondary N) is 1. The van der Waals surface area contributed by atoms with Gasteiger partial charge in [0.05, 0.1) is 0 Å². The summed E-state index contributed by atoms with van der Waals surface area (Å²) in [7, 11) is -0.130. The predicted octanol–water partition coefficient (Wildman–Crippen LogP) is 1.23. The molecule has 3 heterocycles. The number of fused-ring (bicyclic) bond motifs is 1. The molecule has 0 amide bonds. The van der Waals surface area contributed by atoms with Crippen LogP contribution in [0.25, 0.3) is 11.0 Å². The van der Waals surface area contributed by atoms with Crippen LogP contribution in [0.15, 0.2) is 24.5 Å². The van der Waals surface area contributed by atoms with Crippen molar-refractivity contribution in [1.29, 1.82) is 0 Å². The summed E-state index contributed by atoms with van der Waals surface area (Å²) in [6.07, 6.45) is 5.52. The molecule has 0 aliphatic carbocycles. The maximum atomic E-state index is 12.1. The Morgan fingerprint density at radius 2 is 2.29 bits per heavy atom. The van der Waals surface area contributed by atoms with Crippen LogP contribution in [0.2, 0.25) is 0 Å². The van der Waals surface area contributed by atoms with Gasteiger partial charge in [0.15, 0.2) is 0 Å². The molecule has 1 saturated heterocycles. The van der Waals surface area contributed by atoms with Gasteiger partial charge in [-0.1, -0.05) is 0 Å². The zero-order valence-corrected chi connectivity index (χ0v) is 13.1. The van der Waals surface area contributed by atoms with Crippen LogP contribution in [0.3, 0.4) is 0 Å². The summed E-state index contributed by atoms with van der Waals surface area (Å²) in [6, 6.07) is 4.13. The van der Waals surface area contributed by atoms with Crippen molar-refractivity contribution in [2.75, 3.05) is 27.2 Å². The molecule has 7 heteroatoms. The van der Waals surface area contributed by atoms with Gasteiger partial charge in [-0.2, -0.15) is 17.0 Å². The van der Waals surface area contributed by atoms with E-state index in [2.05, 4.69) is 16.0 Å². The average Bonchev–Trinajstić information content (AvgIpc) is 3.06. The van der Waals surface area contributed by atoms with Crippen LogP contribution in [0, 0.1) is 5.92 Å². The number of nitrogens with zero attached hydrogens (tertiary/aromatic N) is 3. The lowest BCUT2D eigenvalue weighted by Crippen LogP contribution is -2.38. The molecule has 0 saturated carbocycles. The summed E-state index contributed by atoms with van der Waals surface area (Å²) >= 11 is 0. The van der Waals surface area contributed by atoms with Gasteiger partial charge < -0.3 is 4.98 Å². The van der Waals surface area contributed by atoms with E-state index in [0.717, 1.165) is 29.4 Å². The monoisotopic (exact) mass is 308 g/mol. The molecular formula is C14H20N4O2S. The van der Waals surface area contributed by atoms with Gasteiger partial charge in [-0.05, 0) is 36.5 Å². The normalized spacial score (nSPS) is 20.6. The summed E-state index contributed by atoms with van der Waals surface area (Å²) in [4.78, 5) is 7.46. The van der Waals surface area contributed by atoms with Crippen molar-refractivity contribution in [2.24, 2.45) is 5.92 Å². The van der Waals surface area contributed by atoms with Gasteiger partial charge in [0.1, 0.15) is 5.65 Å². The molecule has 1 atom stereocenters. The Balaban J connectivity index is 1.69. The van der Waals surface area contributed by atoms with Gasteiger partial charge in [0, 0.05) is 45.0 Å². The molecule has 3 rings (SSSR count). The number of H-pyrrole nitrogens is 1. The molecule has 1 aliphatic rings. The quantitative estimate of drug-likeness (QED) is 0.924. The topological polar surface area (TPSA) is 69.3 Å². The number of pyridine rings is 1. The molecule has 0 radical (unpaired) electrons. The number of rotatable bonds is 4. The fourth-order valence-corrected chi connectivity index (χ4v) is 4.03. The molecule has 0 aromatic carbocycles. The zero-order valence-electron chi connectivity index (χ0n) is 12.3. The Labute approximate surface area is 125 Å². The summed E-state index contributed by atoms with van der Waals surface area (Å²) in [5, 5.41) is 1.10. The molecule has 1 N–H and O–H groups in total. The Morgan fingerprint density at radius 3 is 3.05 bits per heavy atom. The van der Waals surface area contributed by atoms with Crippen LogP contribution in [0.5, 0.6) is 0 Å². The van der Waals surface area contributed by atoms with Crippen molar-refractivity contribution < 1.29 is 8.42 Å². The molecule has 0 bridgehead atoms. The lowest BCUT2D eigenvalue weighted by molar-refractivity contribution is 0.409. The summed E-state index contributed by atoms with van der Waals surface area (Å²) < 4.78 is 27.1. The molecule has 114 valence electrons. The van der Waals surface area contributed by atoms with E-state index in [1.165, 1.54) is 4.31 Å². The first-order chi connectivity index (χ1) is 9.96. The highest BCUT2D eigenvalue weighted by molar-refractivity contribution is 7.86. The fraction of sp³-hybridized carbons (Fsp3) is 0.500. The maximum Gasteiger partial charge on any atom is 0.281 e. The second-order valence-electron chi connectivity index (χ2n) is 5.77. The molecule has 21 heavy (non-hydrogen) atoms. The summed E-state index contributed by atoms with van der Waals surface area (Å²) in [5.74, 6) is 0.359. The molecule has 1 aliphatic heterocycles. The highest BCUT2D eigenvalue weighted by Crippen LogP contribution is 2.24. The standard InChI is InChI=1S/C14H20N4O2S/c1-17(2)21(19,20)18-6-4-11(10-18)7-12-8-13-3-5-15-14(13)16-9-12/h3,5,8-9,11H,4,6-7,10H2,1-2H3,(H,15,16). The lowest BCUT2D eigenvalue weighted by Gasteiger charge is -2.20. The van der Waals surface area contributed by atoms with E-state index >= 15 is 0 Å². The molecule has 1 fully saturated rings. The number of hydrogen-bond donors (Lipinski definition) is 1. The van der Waals surface area contributed by atoms with E-state index in [1.807, 2.05) is 18.5 Å². The highest BCUT2D eigenvalue weighted by Gasteiger charge is 2.32. The van der Waals surface area contributed by atoms with E-state index in [0.29, 0.717) is 19.0 Å². The highest BCUT2D eigenvalue weighted by atomic mass is 32.2. The predicted molar refractivity (Wildman–Crippen MR) is 82.1 cm³/mol. The molecule has 1 unspecified atom stereocenters. The first-order valence-electron chi connectivity index (χ1n) is 7.06. The van der Waals surface area contributed by atoms with E-state index in [-0.39, 0.29) is 0 Å². The van der Waals surface area contributed by atoms with Gasteiger partial charge in [-0.15, -0.1) is 0 Å². The van der Waals surface area contributed by atoms with Crippen molar-refractivity contribution in [3.63, 3.8) is 0 Å². The molecule has 6 nitrogen and oxygen atoms in total. The molecule has 2 aromatic heterocycles. The zero-order chi connectivity index (χ0) is 15.0. The first kappa shape index (κ1) is 14.5. The number of aromatic nitrogens is 2. The molecule has 0 spiro atoms. The third-order valence-corrected chi connectivity index (χ3v) is 5.92. The van der Waals surface area contributed by atoms with E-state index in [9.17, 15) is 8.42 Å². The minimum Gasteiger partial charge on any atom is -0.346 e. The molecule has 2 aromatic rings. The van der Waals surface area contributed by atoms with Crippen molar-refractivity contribution in [2.45, 2.75) is 12.8 Å². The first-order valence-corrected chi connectivity index (χ1v) is 8.46. The van der Waals surface area contributed by atoms with Crippen molar-refractivity contribution in [1.82, 2.24) is 18.6 Å². The minimum atomic E-state index is -3.28. The van der Waals surface area contributed by atoms with Gasteiger partial charge >= 0.3 is 0 Å². The Kier molecular flexibility index (Phi) is 3.73. The van der Waals surface area contributed by atoms with Crippen LogP contribution in [-0.2, 0) is 16.6 Å². The van der Waals surface area contributed by atoms with Crippen molar-refractivity contribution in [3.05, 3.63) is 30.1 Å². The van der Waals surface area contributed by atoms with Crippen LogP contribution in [0.1, 0.15) is 12.0 Å². The Hall–Kier alpha value is -1.44. The van der Waals surface area contributed by atoms with Crippen LogP contribution < -0.4 is 0 Å². The van der Waals surface area contributed by atoms with E-state index < -0.39 is 10.2 Å². The van der Waals surface area contributed by atoms with Gasteiger partial charge in [0.2, 0.25) is 0 Å². The number of hydrogen-bond acceptors (Lipinski definition) is 3. The second-order valence-corrected chi connectivity index (χ2v) is 7.91. The largest absolute Gasteiger partial charge is 0.346 e. The second kappa shape index (κ2) is 5.40.